The van der Waals surface area contributed by atoms with E-state index in [9.17, 15) is 14.7 Å². The second-order valence-corrected chi connectivity index (χ2v) is 14.3. The van der Waals surface area contributed by atoms with Crippen molar-refractivity contribution < 1.29 is 14.7 Å². The van der Waals surface area contributed by atoms with E-state index in [1.165, 1.54) is 11.1 Å². The molecule has 2 N–H and O–H groups in total. The predicted octanol–water partition coefficient (Wildman–Crippen LogP) is 6.73. The molecule has 4 aromatic rings. The first-order valence-corrected chi connectivity index (χ1v) is 17.9. The fraction of sp³-hybridized carbons (Fsp3) is 0.390. The Morgan fingerprint density at radius 3 is 2.08 bits per heavy atom. The summed E-state index contributed by atoms with van der Waals surface area (Å²) < 4.78 is 0. The van der Waals surface area contributed by atoms with Gasteiger partial charge in [0.1, 0.15) is 0 Å². The molecule has 2 aliphatic heterocycles. The second kappa shape index (κ2) is 15.7. The van der Waals surface area contributed by atoms with Crippen LogP contribution in [-0.4, -0.2) is 64.0 Å². The zero-order valence-corrected chi connectivity index (χ0v) is 29.1. The first kappa shape index (κ1) is 34.8. The van der Waals surface area contributed by atoms with Crippen molar-refractivity contribution in [3.63, 3.8) is 0 Å². The molecule has 0 spiro atoms. The lowest BCUT2D eigenvalue weighted by atomic mass is 9.72. The first-order chi connectivity index (χ1) is 23.7. The molecular formula is C41H47ClN4O3. The fourth-order valence-electron chi connectivity index (χ4n) is 7.56. The SMILES string of the molecule is CC(CCC(NC(=O)C1CCN(C(=O)Cc2cccnc2)CC1)N1CCC(O)(c2ccc(Cl)cc2)CC1)(c1ccccc1)c1ccccc1. The lowest BCUT2D eigenvalue weighted by Gasteiger charge is -2.43. The smallest absolute Gasteiger partial charge is 0.227 e. The van der Waals surface area contributed by atoms with Crippen molar-refractivity contribution in [2.45, 2.75) is 69.1 Å². The predicted molar refractivity (Wildman–Crippen MR) is 194 cm³/mol. The monoisotopic (exact) mass is 678 g/mol. The van der Waals surface area contributed by atoms with Gasteiger partial charge < -0.3 is 15.3 Å². The molecule has 1 atom stereocenters. The molecule has 0 radical (unpaired) electrons. The molecule has 3 heterocycles. The van der Waals surface area contributed by atoms with Gasteiger partial charge in [0.25, 0.3) is 0 Å². The molecule has 2 fully saturated rings. The minimum atomic E-state index is -0.937. The summed E-state index contributed by atoms with van der Waals surface area (Å²) in [6, 6.07) is 32.5. The van der Waals surface area contributed by atoms with E-state index in [4.69, 9.17) is 11.6 Å². The highest BCUT2D eigenvalue weighted by atomic mass is 35.5. The molecule has 49 heavy (non-hydrogen) atoms. The number of nitrogens with zero attached hydrogens (tertiary/aromatic N) is 3. The van der Waals surface area contributed by atoms with E-state index >= 15 is 0 Å². The van der Waals surface area contributed by atoms with Gasteiger partial charge in [-0.3, -0.25) is 19.5 Å². The number of pyridine rings is 1. The van der Waals surface area contributed by atoms with Crippen LogP contribution >= 0.6 is 11.6 Å². The largest absolute Gasteiger partial charge is 0.385 e. The van der Waals surface area contributed by atoms with E-state index in [0.29, 0.717) is 63.3 Å². The summed E-state index contributed by atoms with van der Waals surface area (Å²) in [5.41, 5.74) is 3.06. The Labute approximate surface area is 295 Å². The molecule has 8 heteroatoms. The van der Waals surface area contributed by atoms with Crippen LogP contribution in [0.3, 0.4) is 0 Å². The van der Waals surface area contributed by atoms with Crippen LogP contribution in [0.25, 0.3) is 0 Å². The summed E-state index contributed by atoms with van der Waals surface area (Å²) in [4.78, 5) is 35.3. The molecule has 0 aliphatic carbocycles. The summed E-state index contributed by atoms with van der Waals surface area (Å²) in [6.45, 7) is 4.74. The molecule has 2 aliphatic rings. The Hall–Kier alpha value is -4.04. The highest BCUT2D eigenvalue weighted by Gasteiger charge is 2.39. The van der Waals surface area contributed by atoms with Crippen molar-refractivity contribution in [1.29, 1.82) is 0 Å². The van der Waals surface area contributed by atoms with E-state index < -0.39 is 5.60 Å². The maximum atomic E-state index is 14.0. The van der Waals surface area contributed by atoms with Crippen LogP contribution in [0.1, 0.15) is 67.7 Å². The number of carbonyl (C=O) groups is 2. The molecule has 256 valence electrons. The van der Waals surface area contributed by atoms with Crippen LogP contribution in [0.4, 0.5) is 0 Å². The van der Waals surface area contributed by atoms with E-state index in [-0.39, 0.29) is 29.3 Å². The number of benzene rings is 3. The number of piperidine rings is 2. The number of aliphatic hydroxyl groups is 1. The summed E-state index contributed by atoms with van der Waals surface area (Å²) >= 11 is 6.14. The molecule has 1 unspecified atom stereocenters. The van der Waals surface area contributed by atoms with Crippen molar-refractivity contribution in [2.24, 2.45) is 5.92 Å². The number of halogens is 1. The van der Waals surface area contributed by atoms with Crippen molar-refractivity contribution in [2.75, 3.05) is 26.2 Å². The third-order valence-corrected chi connectivity index (χ3v) is 11.0. The highest BCUT2D eigenvalue weighted by Crippen LogP contribution is 2.39. The van der Waals surface area contributed by atoms with Gasteiger partial charge in [-0.25, -0.2) is 0 Å². The van der Waals surface area contributed by atoms with Gasteiger partial charge in [-0.15, -0.1) is 0 Å². The molecule has 1 aromatic heterocycles. The first-order valence-electron chi connectivity index (χ1n) is 17.5. The number of carbonyl (C=O) groups excluding carboxylic acids is 2. The number of aromatic nitrogens is 1. The number of rotatable bonds is 11. The van der Waals surface area contributed by atoms with Crippen molar-refractivity contribution in [3.8, 4) is 0 Å². The number of hydrogen-bond donors (Lipinski definition) is 2. The minimum Gasteiger partial charge on any atom is -0.385 e. The van der Waals surface area contributed by atoms with Gasteiger partial charge in [-0.05, 0) is 79.0 Å². The Balaban J connectivity index is 1.16. The van der Waals surface area contributed by atoms with Crippen LogP contribution in [0.15, 0.2) is 109 Å². The van der Waals surface area contributed by atoms with E-state index in [1.807, 2.05) is 53.4 Å². The maximum absolute atomic E-state index is 14.0. The zero-order chi connectivity index (χ0) is 34.3. The van der Waals surface area contributed by atoms with Gasteiger partial charge in [0.15, 0.2) is 0 Å². The third kappa shape index (κ3) is 8.41. The normalized spacial score (nSPS) is 17.7. The summed E-state index contributed by atoms with van der Waals surface area (Å²) in [6.07, 6.45) is 7.54. The van der Waals surface area contributed by atoms with Gasteiger partial charge in [-0.2, -0.15) is 0 Å². The molecule has 6 rings (SSSR count). The Morgan fingerprint density at radius 1 is 0.898 bits per heavy atom. The minimum absolute atomic E-state index is 0.0454. The molecule has 2 saturated heterocycles. The lowest BCUT2D eigenvalue weighted by molar-refractivity contribution is -0.136. The fourth-order valence-corrected chi connectivity index (χ4v) is 7.68. The van der Waals surface area contributed by atoms with Gasteiger partial charge in [0.05, 0.1) is 18.2 Å². The number of likely N-dealkylation sites (tertiary alicyclic amines) is 2. The van der Waals surface area contributed by atoms with Gasteiger partial charge in [0, 0.05) is 54.9 Å². The molecular weight excluding hydrogens is 632 g/mol. The van der Waals surface area contributed by atoms with E-state index in [1.54, 1.807) is 12.4 Å². The number of nitrogens with one attached hydrogen (secondary N) is 1. The van der Waals surface area contributed by atoms with Crippen molar-refractivity contribution in [1.82, 2.24) is 20.1 Å². The summed E-state index contributed by atoms with van der Waals surface area (Å²) in [5.74, 6) is -0.0354. The van der Waals surface area contributed by atoms with Gasteiger partial charge >= 0.3 is 0 Å². The summed E-state index contributed by atoms with van der Waals surface area (Å²) in [7, 11) is 0. The van der Waals surface area contributed by atoms with Crippen LogP contribution in [-0.2, 0) is 27.0 Å². The van der Waals surface area contributed by atoms with E-state index in [2.05, 4.69) is 70.7 Å². The second-order valence-electron chi connectivity index (χ2n) is 13.9. The van der Waals surface area contributed by atoms with Crippen LogP contribution in [0, 0.1) is 5.92 Å². The topological polar surface area (TPSA) is 85.8 Å². The third-order valence-electron chi connectivity index (χ3n) is 10.8. The van der Waals surface area contributed by atoms with Gasteiger partial charge in [-0.1, -0.05) is 97.4 Å². The Morgan fingerprint density at radius 2 is 1.51 bits per heavy atom. The van der Waals surface area contributed by atoms with Crippen LogP contribution < -0.4 is 5.32 Å². The Kier molecular flexibility index (Phi) is 11.1. The summed E-state index contributed by atoms with van der Waals surface area (Å²) in [5, 5.41) is 15.8. The van der Waals surface area contributed by atoms with Crippen LogP contribution in [0.2, 0.25) is 5.02 Å². The average molecular weight is 679 g/mol. The molecule has 3 aromatic carbocycles. The van der Waals surface area contributed by atoms with Gasteiger partial charge in [0.2, 0.25) is 11.8 Å². The number of hydrogen-bond acceptors (Lipinski definition) is 5. The standard InChI is InChI=1S/C41H47ClN4O3/c1-40(33-10-4-2-5-11-33,34-12-6-3-7-13-34)21-18-37(45-27-22-41(49,23-28-45)35-14-16-36(42)17-15-35)44-39(48)32-19-25-46(26-20-32)38(47)29-31-9-8-24-43-30-31/h2-17,24,30,32,37,49H,18-23,25-29H2,1H3,(H,44,48). The van der Waals surface area contributed by atoms with Crippen LogP contribution in [0.5, 0.6) is 0 Å². The lowest BCUT2D eigenvalue weighted by Crippen LogP contribution is -2.55. The molecule has 0 bridgehead atoms. The Bertz CT molecular complexity index is 1610. The molecule has 0 saturated carbocycles. The number of amides is 2. The average Bonchev–Trinajstić information content (AvgIpc) is 3.15. The molecule has 7 nitrogen and oxygen atoms in total. The van der Waals surface area contributed by atoms with Crippen molar-refractivity contribution in [3.05, 3.63) is 137 Å². The zero-order valence-electron chi connectivity index (χ0n) is 28.3. The maximum Gasteiger partial charge on any atom is 0.227 e. The van der Waals surface area contributed by atoms with Crippen molar-refractivity contribution >= 4 is 23.4 Å². The molecule has 2 amide bonds. The quantitative estimate of drug-likeness (QED) is 0.184. The highest BCUT2D eigenvalue weighted by molar-refractivity contribution is 6.30. The van der Waals surface area contributed by atoms with E-state index in [0.717, 1.165) is 24.0 Å².